The highest BCUT2D eigenvalue weighted by Crippen LogP contribution is 2.65. The molecular formula is C11H18. The molecule has 2 atom stereocenters. The van der Waals surface area contributed by atoms with Crippen molar-refractivity contribution >= 4 is 0 Å². The largest absolute Gasteiger partial charge is 0.0769 e. The van der Waals surface area contributed by atoms with Crippen LogP contribution in [0.4, 0.5) is 0 Å². The lowest BCUT2D eigenvalue weighted by Gasteiger charge is -2.41. The second-order valence-electron chi connectivity index (χ2n) is 4.22. The molecule has 1 saturated carbocycles. The van der Waals surface area contributed by atoms with E-state index in [1.807, 2.05) is 0 Å². The van der Waals surface area contributed by atoms with E-state index in [0.717, 1.165) is 11.3 Å². The molecular weight excluding hydrogens is 132 g/mol. The summed E-state index contributed by atoms with van der Waals surface area (Å²) in [5, 5.41) is 0. The Kier molecular flexibility index (Phi) is 1.59. The second kappa shape index (κ2) is 2.36. The van der Waals surface area contributed by atoms with Crippen LogP contribution in [0.3, 0.4) is 0 Å². The van der Waals surface area contributed by atoms with Crippen LogP contribution in [0, 0.1) is 11.3 Å². The third-order valence-electron chi connectivity index (χ3n) is 3.62. The van der Waals surface area contributed by atoms with E-state index in [9.17, 15) is 0 Å². The first-order valence-corrected chi connectivity index (χ1v) is 5.03. The van der Waals surface area contributed by atoms with Crippen LogP contribution in [0.15, 0.2) is 11.6 Å². The van der Waals surface area contributed by atoms with Gasteiger partial charge in [0.15, 0.2) is 0 Å². The lowest BCUT2D eigenvalue weighted by atomic mass is 9.63. The lowest BCUT2D eigenvalue weighted by Crippen LogP contribution is -2.31. The molecule has 62 valence electrons. The Morgan fingerprint density at radius 1 is 1.55 bits per heavy atom. The average molecular weight is 150 g/mol. The summed E-state index contributed by atoms with van der Waals surface area (Å²) in [7, 11) is 0. The molecule has 2 unspecified atom stereocenters. The molecule has 0 aromatic heterocycles. The van der Waals surface area contributed by atoms with Crippen molar-refractivity contribution in [2.75, 3.05) is 0 Å². The minimum atomic E-state index is 0.755. The van der Waals surface area contributed by atoms with Crippen LogP contribution in [-0.4, -0.2) is 0 Å². The molecule has 0 aromatic carbocycles. The monoisotopic (exact) mass is 150 g/mol. The maximum Gasteiger partial charge on any atom is 0.00395 e. The highest BCUT2D eigenvalue weighted by Gasteiger charge is 2.54. The Morgan fingerprint density at radius 2 is 2.36 bits per heavy atom. The molecule has 0 heteroatoms. The van der Waals surface area contributed by atoms with Crippen LogP contribution < -0.4 is 0 Å². The van der Waals surface area contributed by atoms with E-state index in [1.54, 1.807) is 5.57 Å². The summed E-state index contributed by atoms with van der Waals surface area (Å²) in [4.78, 5) is 0. The minimum absolute atomic E-state index is 0.755. The average Bonchev–Trinajstić information content (AvgIpc) is 2.66. The Bertz CT molecular complexity index is 190. The van der Waals surface area contributed by atoms with Crippen molar-refractivity contribution < 1.29 is 0 Å². The van der Waals surface area contributed by atoms with Crippen LogP contribution >= 0.6 is 0 Å². The molecule has 0 N–H and O–H groups in total. The van der Waals surface area contributed by atoms with Crippen LogP contribution in [0.2, 0.25) is 0 Å². The van der Waals surface area contributed by atoms with Crippen molar-refractivity contribution in [3.63, 3.8) is 0 Å². The fraction of sp³-hybridized carbons (Fsp3) is 0.818. The molecule has 0 heterocycles. The van der Waals surface area contributed by atoms with E-state index in [-0.39, 0.29) is 0 Å². The third kappa shape index (κ3) is 0.953. The SMILES string of the molecule is CCCCC1(CC)CC2=CC21. The van der Waals surface area contributed by atoms with E-state index >= 15 is 0 Å². The van der Waals surface area contributed by atoms with Crippen molar-refractivity contribution in [3.8, 4) is 0 Å². The van der Waals surface area contributed by atoms with E-state index in [1.165, 1.54) is 32.1 Å². The molecule has 0 aliphatic heterocycles. The predicted octanol–water partition coefficient (Wildman–Crippen LogP) is 3.53. The fourth-order valence-corrected chi connectivity index (χ4v) is 2.58. The zero-order valence-corrected chi connectivity index (χ0v) is 7.69. The summed E-state index contributed by atoms with van der Waals surface area (Å²) in [6.45, 7) is 4.65. The first-order valence-electron chi connectivity index (χ1n) is 5.03. The molecule has 0 amide bonds. The lowest BCUT2D eigenvalue weighted by molar-refractivity contribution is 0.155. The van der Waals surface area contributed by atoms with Gasteiger partial charge in [0.05, 0.1) is 0 Å². The standard InChI is InChI=1S/C11H18/c1-3-5-6-11(4-2)8-9-7-10(9)11/h7,10H,3-6,8H2,1-2H3. The molecule has 1 fully saturated rings. The summed E-state index contributed by atoms with van der Waals surface area (Å²) >= 11 is 0. The first-order chi connectivity index (χ1) is 5.32. The summed E-state index contributed by atoms with van der Waals surface area (Å²) in [6, 6.07) is 0. The summed E-state index contributed by atoms with van der Waals surface area (Å²) in [5.41, 5.74) is 2.52. The number of allylic oxidation sites excluding steroid dienone is 2. The minimum Gasteiger partial charge on any atom is -0.0769 e. The number of hydrogen-bond donors (Lipinski definition) is 0. The van der Waals surface area contributed by atoms with Gasteiger partial charge in [-0.05, 0) is 24.7 Å². The van der Waals surface area contributed by atoms with Crippen molar-refractivity contribution in [2.45, 2.75) is 46.0 Å². The highest BCUT2D eigenvalue weighted by molar-refractivity contribution is 5.43. The van der Waals surface area contributed by atoms with E-state index in [4.69, 9.17) is 0 Å². The van der Waals surface area contributed by atoms with Gasteiger partial charge in [0, 0.05) is 5.92 Å². The Labute approximate surface area is 69.7 Å². The van der Waals surface area contributed by atoms with Crippen molar-refractivity contribution in [1.29, 1.82) is 0 Å². The van der Waals surface area contributed by atoms with Gasteiger partial charge in [-0.3, -0.25) is 0 Å². The smallest absolute Gasteiger partial charge is 0.00395 e. The van der Waals surface area contributed by atoms with Crippen LogP contribution in [-0.2, 0) is 0 Å². The predicted molar refractivity (Wildman–Crippen MR) is 48.4 cm³/mol. The van der Waals surface area contributed by atoms with Crippen LogP contribution in [0.5, 0.6) is 0 Å². The maximum atomic E-state index is 2.49. The second-order valence-corrected chi connectivity index (χ2v) is 4.22. The summed E-state index contributed by atoms with van der Waals surface area (Å²) < 4.78 is 0. The van der Waals surface area contributed by atoms with E-state index < -0.39 is 0 Å². The number of fused-ring (bicyclic) bond motifs is 1. The van der Waals surface area contributed by atoms with Gasteiger partial charge in [-0.2, -0.15) is 0 Å². The van der Waals surface area contributed by atoms with E-state index in [2.05, 4.69) is 19.9 Å². The molecule has 11 heavy (non-hydrogen) atoms. The zero-order valence-electron chi connectivity index (χ0n) is 7.69. The molecule has 2 aliphatic rings. The fourth-order valence-electron chi connectivity index (χ4n) is 2.58. The van der Waals surface area contributed by atoms with E-state index in [0.29, 0.717) is 0 Å². The molecule has 0 saturated heterocycles. The molecule has 0 nitrogen and oxygen atoms in total. The summed E-state index contributed by atoms with van der Waals surface area (Å²) in [6.07, 6.45) is 9.60. The van der Waals surface area contributed by atoms with Gasteiger partial charge in [-0.15, -0.1) is 0 Å². The normalized spacial score (nSPS) is 39.1. The van der Waals surface area contributed by atoms with Crippen molar-refractivity contribution in [1.82, 2.24) is 0 Å². The Hall–Kier alpha value is -0.260. The van der Waals surface area contributed by atoms with Crippen molar-refractivity contribution in [3.05, 3.63) is 11.6 Å². The molecule has 2 aliphatic carbocycles. The van der Waals surface area contributed by atoms with Gasteiger partial charge in [-0.25, -0.2) is 0 Å². The quantitative estimate of drug-likeness (QED) is 0.538. The molecule has 0 spiro atoms. The topological polar surface area (TPSA) is 0 Å². The Balaban J connectivity index is 1.86. The zero-order chi connectivity index (χ0) is 7.90. The molecule has 0 radical (unpaired) electrons. The number of hydrogen-bond acceptors (Lipinski definition) is 0. The summed E-state index contributed by atoms with van der Waals surface area (Å²) in [5.74, 6) is 0.971. The Morgan fingerprint density at radius 3 is 2.73 bits per heavy atom. The third-order valence-corrected chi connectivity index (χ3v) is 3.62. The number of rotatable bonds is 4. The van der Waals surface area contributed by atoms with Gasteiger partial charge < -0.3 is 0 Å². The van der Waals surface area contributed by atoms with Gasteiger partial charge in [0.2, 0.25) is 0 Å². The molecule has 0 bridgehead atoms. The van der Waals surface area contributed by atoms with Crippen LogP contribution in [0.25, 0.3) is 0 Å². The van der Waals surface area contributed by atoms with Gasteiger partial charge in [-0.1, -0.05) is 38.3 Å². The number of unbranched alkanes of at least 4 members (excludes halogenated alkanes) is 1. The van der Waals surface area contributed by atoms with Gasteiger partial charge >= 0.3 is 0 Å². The van der Waals surface area contributed by atoms with Gasteiger partial charge in [0.25, 0.3) is 0 Å². The molecule has 2 rings (SSSR count). The van der Waals surface area contributed by atoms with Crippen molar-refractivity contribution in [2.24, 2.45) is 11.3 Å². The maximum absolute atomic E-state index is 2.49. The van der Waals surface area contributed by atoms with Gasteiger partial charge in [0.1, 0.15) is 0 Å². The highest BCUT2D eigenvalue weighted by atomic mass is 14.6. The molecule has 0 aromatic rings. The van der Waals surface area contributed by atoms with Crippen LogP contribution in [0.1, 0.15) is 46.0 Å². The first kappa shape index (κ1) is 7.39.